The number of nitro benzene ring substituents is 1. The second kappa shape index (κ2) is 9.08. The third-order valence-corrected chi connectivity index (χ3v) is 8.58. The van der Waals surface area contributed by atoms with Crippen molar-refractivity contribution in [3.8, 4) is 0 Å². The number of carbonyl (C=O) groups is 1. The Bertz CT molecular complexity index is 1290. The van der Waals surface area contributed by atoms with Crippen molar-refractivity contribution in [3.63, 3.8) is 0 Å². The molecule has 0 heterocycles. The molecule has 0 radical (unpaired) electrons. The van der Waals surface area contributed by atoms with E-state index in [0.29, 0.717) is 0 Å². The second-order valence-electron chi connectivity index (χ2n) is 10.6. The molecule has 36 heavy (non-hydrogen) atoms. The number of ether oxygens (including phenoxy) is 1. The molecule has 0 saturated heterocycles. The molecule has 2 aliphatic carbocycles. The van der Waals surface area contributed by atoms with E-state index in [9.17, 15) is 14.9 Å². The van der Waals surface area contributed by atoms with Gasteiger partial charge in [0, 0.05) is 29.2 Å². The zero-order valence-electron chi connectivity index (χ0n) is 21.1. The number of methoxy groups -OCH3 is 1. The number of aryl methyl sites for hydroxylation is 1. The van der Waals surface area contributed by atoms with Crippen LogP contribution in [0, 0.1) is 21.4 Å². The number of benzene rings is 3. The Balaban J connectivity index is 1.57. The van der Waals surface area contributed by atoms with Gasteiger partial charge in [-0.3, -0.25) is 14.9 Å². The first-order valence-corrected chi connectivity index (χ1v) is 12.6. The first-order valence-electron chi connectivity index (χ1n) is 12.6. The quantitative estimate of drug-likeness (QED) is 0.217. The van der Waals surface area contributed by atoms with Crippen molar-refractivity contribution in [1.29, 1.82) is 0 Å². The lowest BCUT2D eigenvalue weighted by Crippen LogP contribution is -2.52. The van der Waals surface area contributed by atoms with Crippen molar-refractivity contribution in [2.45, 2.75) is 51.4 Å². The molecule has 6 nitrogen and oxygen atoms in total. The molecule has 0 N–H and O–H groups in total. The Morgan fingerprint density at radius 3 is 2.31 bits per heavy atom. The summed E-state index contributed by atoms with van der Waals surface area (Å²) in [6.45, 7) is 4.41. The summed E-state index contributed by atoms with van der Waals surface area (Å²) in [5.74, 6) is 0.149. The van der Waals surface area contributed by atoms with E-state index in [2.05, 4.69) is 36.9 Å². The molecule has 1 saturated carbocycles. The highest BCUT2D eigenvalue weighted by molar-refractivity contribution is 5.79. The predicted octanol–water partition coefficient (Wildman–Crippen LogP) is 7.25. The van der Waals surface area contributed by atoms with Crippen LogP contribution in [0.4, 0.5) is 22.7 Å². The highest BCUT2D eigenvalue weighted by Crippen LogP contribution is 2.58. The van der Waals surface area contributed by atoms with E-state index in [-0.39, 0.29) is 27.9 Å². The smallest absolute Gasteiger partial charge is 0.311 e. The Kier molecular flexibility index (Phi) is 6.07. The van der Waals surface area contributed by atoms with E-state index in [1.807, 2.05) is 30.3 Å². The Labute approximate surface area is 212 Å². The summed E-state index contributed by atoms with van der Waals surface area (Å²) in [6, 6.07) is 23.4. The highest BCUT2D eigenvalue weighted by atomic mass is 16.6. The van der Waals surface area contributed by atoms with E-state index in [0.717, 1.165) is 49.2 Å². The molecular formula is C30H32N2O4. The van der Waals surface area contributed by atoms with Gasteiger partial charge in [0.2, 0.25) is 0 Å². The Hall–Kier alpha value is -3.67. The van der Waals surface area contributed by atoms with Gasteiger partial charge in [0.1, 0.15) is 0 Å². The molecule has 0 aliphatic heterocycles. The first-order chi connectivity index (χ1) is 17.3. The Morgan fingerprint density at radius 1 is 0.972 bits per heavy atom. The van der Waals surface area contributed by atoms with E-state index >= 15 is 0 Å². The third kappa shape index (κ3) is 3.85. The maximum absolute atomic E-state index is 12.8. The van der Waals surface area contributed by atoms with Gasteiger partial charge in [0.25, 0.3) is 5.69 Å². The lowest BCUT2D eigenvalue weighted by molar-refractivity contribution is -0.384. The number of anilines is 3. The van der Waals surface area contributed by atoms with Crippen molar-refractivity contribution in [1.82, 2.24) is 0 Å². The fourth-order valence-corrected chi connectivity index (χ4v) is 6.84. The number of hydrogen-bond donors (Lipinski definition) is 0. The molecule has 186 valence electrons. The zero-order chi connectivity index (χ0) is 25.5. The number of nitro groups is 1. The van der Waals surface area contributed by atoms with Crippen molar-refractivity contribution in [2.24, 2.45) is 11.3 Å². The van der Waals surface area contributed by atoms with Gasteiger partial charge < -0.3 is 9.64 Å². The summed E-state index contributed by atoms with van der Waals surface area (Å²) in [5, 5.41) is 11.2. The largest absolute Gasteiger partial charge is 0.469 e. The molecule has 5 rings (SSSR count). The molecule has 0 unspecified atom stereocenters. The van der Waals surface area contributed by atoms with E-state index < -0.39 is 5.41 Å². The monoisotopic (exact) mass is 484 g/mol. The van der Waals surface area contributed by atoms with Gasteiger partial charge in [-0.15, -0.1) is 0 Å². The van der Waals surface area contributed by atoms with Crippen LogP contribution >= 0.6 is 0 Å². The Morgan fingerprint density at radius 2 is 1.64 bits per heavy atom. The van der Waals surface area contributed by atoms with E-state index in [1.165, 1.54) is 18.2 Å². The van der Waals surface area contributed by atoms with Crippen LogP contribution < -0.4 is 4.90 Å². The SMILES string of the molecule is COC(=O)[C@]1(C)CCC[C@]2(C)c3ccc(N(c4ccccc4)c4ccc([N+](=O)[O-])cc4)cc3CC[C@@H]12. The summed E-state index contributed by atoms with van der Waals surface area (Å²) >= 11 is 0. The van der Waals surface area contributed by atoms with Crippen LogP contribution in [-0.4, -0.2) is 18.0 Å². The normalized spacial score (nSPS) is 24.8. The highest BCUT2D eigenvalue weighted by Gasteiger charge is 2.55. The number of hydrogen-bond acceptors (Lipinski definition) is 5. The van der Waals surface area contributed by atoms with Gasteiger partial charge in [-0.25, -0.2) is 0 Å². The minimum atomic E-state index is -0.465. The maximum Gasteiger partial charge on any atom is 0.311 e. The molecule has 0 aromatic heterocycles. The summed E-state index contributed by atoms with van der Waals surface area (Å²) in [6.07, 6.45) is 4.77. The molecule has 2 aliphatic rings. The summed E-state index contributed by atoms with van der Waals surface area (Å²) < 4.78 is 5.26. The van der Waals surface area contributed by atoms with Crippen LogP contribution in [0.1, 0.15) is 50.7 Å². The minimum Gasteiger partial charge on any atom is -0.469 e. The van der Waals surface area contributed by atoms with Crippen molar-refractivity contribution >= 4 is 28.7 Å². The number of esters is 1. The molecule has 3 atom stereocenters. The minimum absolute atomic E-state index is 0.0714. The number of nitrogens with zero attached hydrogens (tertiary/aromatic N) is 2. The molecule has 3 aromatic carbocycles. The van der Waals surface area contributed by atoms with Gasteiger partial charge in [0.05, 0.1) is 17.4 Å². The zero-order valence-corrected chi connectivity index (χ0v) is 21.1. The fraction of sp³-hybridized carbons (Fsp3) is 0.367. The molecule has 6 heteroatoms. The van der Waals surface area contributed by atoms with E-state index in [1.54, 1.807) is 24.3 Å². The summed E-state index contributed by atoms with van der Waals surface area (Å²) in [4.78, 5) is 25.8. The van der Waals surface area contributed by atoms with Gasteiger partial charge in [-0.2, -0.15) is 0 Å². The topological polar surface area (TPSA) is 72.7 Å². The van der Waals surface area contributed by atoms with Crippen LogP contribution in [-0.2, 0) is 21.4 Å². The maximum atomic E-state index is 12.8. The molecule has 3 aromatic rings. The first kappa shape index (κ1) is 24.0. The van der Waals surface area contributed by atoms with Crippen LogP contribution in [0.2, 0.25) is 0 Å². The standard InChI is InChI=1S/C30H32N2O4/c1-29-18-7-19-30(2,28(33)36-3)27(29)17-10-21-20-25(15-16-26(21)29)31(22-8-5-4-6-9-22)23-11-13-24(14-12-23)32(34)35/h4-6,8-9,11-16,20,27H,7,10,17-19H2,1-3H3/t27-,29-,30-/m1/s1. The van der Waals surface area contributed by atoms with Crippen molar-refractivity contribution in [3.05, 3.63) is 94.0 Å². The average Bonchev–Trinajstić information content (AvgIpc) is 2.89. The second-order valence-corrected chi connectivity index (χ2v) is 10.6. The fourth-order valence-electron chi connectivity index (χ4n) is 6.84. The lowest BCUT2D eigenvalue weighted by atomic mass is 9.50. The van der Waals surface area contributed by atoms with Gasteiger partial charge >= 0.3 is 5.97 Å². The molecule has 0 amide bonds. The molecule has 0 spiro atoms. The number of fused-ring (bicyclic) bond motifs is 3. The molecule has 0 bridgehead atoms. The van der Waals surface area contributed by atoms with Gasteiger partial charge in [0.15, 0.2) is 0 Å². The summed E-state index contributed by atoms with van der Waals surface area (Å²) in [7, 11) is 1.50. The van der Waals surface area contributed by atoms with Crippen LogP contribution in [0.15, 0.2) is 72.8 Å². The van der Waals surface area contributed by atoms with E-state index in [4.69, 9.17) is 4.74 Å². The van der Waals surface area contributed by atoms with Gasteiger partial charge in [-0.1, -0.05) is 37.6 Å². The molecule has 1 fully saturated rings. The lowest BCUT2D eigenvalue weighted by Gasteiger charge is -2.54. The predicted molar refractivity (Wildman–Crippen MR) is 141 cm³/mol. The van der Waals surface area contributed by atoms with Crippen LogP contribution in [0.25, 0.3) is 0 Å². The number of rotatable bonds is 5. The van der Waals surface area contributed by atoms with Crippen molar-refractivity contribution in [2.75, 3.05) is 12.0 Å². The average molecular weight is 485 g/mol. The number of non-ortho nitro benzene ring substituents is 1. The summed E-state index contributed by atoms with van der Waals surface area (Å²) in [5.41, 5.74) is 5.03. The third-order valence-electron chi connectivity index (χ3n) is 8.58. The molecular weight excluding hydrogens is 452 g/mol. The van der Waals surface area contributed by atoms with Crippen LogP contribution in [0.5, 0.6) is 0 Å². The number of carbonyl (C=O) groups excluding carboxylic acids is 1. The number of para-hydroxylation sites is 1. The van der Waals surface area contributed by atoms with Gasteiger partial charge in [-0.05, 0) is 91.5 Å². The van der Waals surface area contributed by atoms with Crippen LogP contribution in [0.3, 0.4) is 0 Å². The van der Waals surface area contributed by atoms with Crippen molar-refractivity contribution < 1.29 is 14.5 Å².